The summed E-state index contributed by atoms with van der Waals surface area (Å²) in [6, 6.07) is 11.6. The van der Waals surface area contributed by atoms with Crippen LogP contribution < -0.4 is 5.32 Å². The number of hydrogen-bond donors (Lipinski definition) is 2. The standard InChI is InChI=1S/C17H21ClN2O3/c1-20-15(12-17(22)19-8-10-23-11-9-21)6-7-16(20)13-2-4-14(18)5-3-13/h2-7,21H,8-12H2,1H3,(H,19,22). The SMILES string of the molecule is Cn1c(CC(=O)NCCOCCO)ccc1-c1ccc(Cl)cc1. The van der Waals surface area contributed by atoms with E-state index in [1.165, 1.54) is 0 Å². The van der Waals surface area contributed by atoms with Gasteiger partial charge in [0, 0.05) is 30.0 Å². The van der Waals surface area contributed by atoms with Gasteiger partial charge >= 0.3 is 0 Å². The van der Waals surface area contributed by atoms with Crippen molar-refractivity contribution in [1.82, 2.24) is 9.88 Å². The first-order valence-electron chi connectivity index (χ1n) is 7.47. The number of carbonyl (C=O) groups excluding carboxylic acids is 1. The van der Waals surface area contributed by atoms with Crippen molar-refractivity contribution in [2.24, 2.45) is 7.05 Å². The first-order valence-corrected chi connectivity index (χ1v) is 7.85. The van der Waals surface area contributed by atoms with Gasteiger partial charge < -0.3 is 19.7 Å². The molecule has 0 aliphatic rings. The fraction of sp³-hybridized carbons (Fsp3) is 0.353. The Balaban J connectivity index is 1.91. The van der Waals surface area contributed by atoms with Gasteiger partial charge in [0.05, 0.1) is 26.2 Å². The molecule has 23 heavy (non-hydrogen) atoms. The predicted octanol–water partition coefficient (Wildman–Crippen LogP) is 2.01. The lowest BCUT2D eigenvalue weighted by Gasteiger charge is -2.09. The molecule has 124 valence electrons. The number of ether oxygens (including phenoxy) is 1. The van der Waals surface area contributed by atoms with Gasteiger partial charge in [0.25, 0.3) is 0 Å². The largest absolute Gasteiger partial charge is 0.394 e. The molecule has 1 aromatic carbocycles. The summed E-state index contributed by atoms with van der Waals surface area (Å²) in [5.74, 6) is -0.0542. The van der Waals surface area contributed by atoms with Gasteiger partial charge in [-0.15, -0.1) is 0 Å². The second kappa shape index (κ2) is 8.72. The Morgan fingerprint density at radius 2 is 1.96 bits per heavy atom. The molecule has 0 saturated carbocycles. The normalized spacial score (nSPS) is 10.7. The van der Waals surface area contributed by atoms with Crippen molar-refractivity contribution >= 4 is 17.5 Å². The van der Waals surface area contributed by atoms with Gasteiger partial charge in [-0.25, -0.2) is 0 Å². The molecule has 0 saturated heterocycles. The van der Waals surface area contributed by atoms with Crippen LogP contribution in [0.5, 0.6) is 0 Å². The van der Waals surface area contributed by atoms with Gasteiger partial charge in [-0.05, 0) is 29.8 Å². The highest BCUT2D eigenvalue weighted by Gasteiger charge is 2.10. The van der Waals surface area contributed by atoms with Crippen LogP contribution in [-0.4, -0.2) is 41.9 Å². The topological polar surface area (TPSA) is 63.5 Å². The number of nitrogens with one attached hydrogen (secondary N) is 1. The molecule has 2 aromatic rings. The molecule has 2 N–H and O–H groups in total. The fourth-order valence-electron chi connectivity index (χ4n) is 2.30. The monoisotopic (exact) mass is 336 g/mol. The summed E-state index contributed by atoms with van der Waals surface area (Å²) >= 11 is 5.91. The van der Waals surface area contributed by atoms with Gasteiger partial charge in [-0.2, -0.15) is 0 Å². The first-order chi connectivity index (χ1) is 11.1. The van der Waals surface area contributed by atoms with E-state index in [1.54, 1.807) is 0 Å². The van der Waals surface area contributed by atoms with Crippen LogP contribution in [-0.2, 0) is 23.0 Å². The van der Waals surface area contributed by atoms with Crippen LogP contribution in [0.2, 0.25) is 5.02 Å². The van der Waals surface area contributed by atoms with Crippen molar-refractivity contribution < 1.29 is 14.6 Å². The Kier molecular flexibility index (Phi) is 6.65. The maximum atomic E-state index is 11.9. The maximum Gasteiger partial charge on any atom is 0.226 e. The van der Waals surface area contributed by atoms with E-state index in [-0.39, 0.29) is 19.1 Å². The zero-order valence-electron chi connectivity index (χ0n) is 13.1. The Bertz CT molecular complexity index is 638. The summed E-state index contributed by atoms with van der Waals surface area (Å²) in [6.07, 6.45) is 0.310. The number of carbonyl (C=O) groups is 1. The molecule has 0 aliphatic heterocycles. The molecular formula is C17H21ClN2O3. The van der Waals surface area contributed by atoms with E-state index in [0.717, 1.165) is 17.0 Å². The average molecular weight is 337 g/mol. The number of aromatic nitrogens is 1. The van der Waals surface area contributed by atoms with Crippen molar-refractivity contribution in [1.29, 1.82) is 0 Å². The van der Waals surface area contributed by atoms with Crippen LogP contribution in [0.4, 0.5) is 0 Å². The van der Waals surface area contributed by atoms with Crippen molar-refractivity contribution in [3.05, 3.63) is 47.1 Å². The highest BCUT2D eigenvalue weighted by Crippen LogP contribution is 2.23. The van der Waals surface area contributed by atoms with E-state index >= 15 is 0 Å². The predicted molar refractivity (Wildman–Crippen MR) is 90.5 cm³/mol. The zero-order chi connectivity index (χ0) is 16.7. The number of halogens is 1. The Morgan fingerprint density at radius 1 is 1.22 bits per heavy atom. The van der Waals surface area contributed by atoms with E-state index in [0.29, 0.717) is 24.6 Å². The minimum atomic E-state index is -0.0542. The molecule has 0 fully saturated rings. The molecule has 0 radical (unpaired) electrons. The third kappa shape index (κ3) is 5.10. The van der Waals surface area contributed by atoms with Crippen molar-refractivity contribution in [2.45, 2.75) is 6.42 Å². The van der Waals surface area contributed by atoms with Crippen LogP contribution in [0.25, 0.3) is 11.3 Å². The van der Waals surface area contributed by atoms with E-state index in [1.807, 2.05) is 48.0 Å². The van der Waals surface area contributed by atoms with Gasteiger partial charge in [0.2, 0.25) is 5.91 Å². The zero-order valence-corrected chi connectivity index (χ0v) is 13.8. The highest BCUT2D eigenvalue weighted by atomic mass is 35.5. The summed E-state index contributed by atoms with van der Waals surface area (Å²) in [5.41, 5.74) is 3.03. The third-order valence-corrected chi connectivity index (χ3v) is 3.76. The van der Waals surface area contributed by atoms with Crippen molar-refractivity contribution in [2.75, 3.05) is 26.4 Å². The third-order valence-electron chi connectivity index (χ3n) is 3.51. The Morgan fingerprint density at radius 3 is 2.65 bits per heavy atom. The molecule has 5 nitrogen and oxygen atoms in total. The van der Waals surface area contributed by atoms with E-state index in [2.05, 4.69) is 5.32 Å². The molecular weight excluding hydrogens is 316 g/mol. The lowest BCUT2D eigenvalue weighted by atomic mass is 10.1. The number of aliphatic hydroxyl groups is 1. The van der Waals surface area contributed by atoms with Crippen molar-refractivity contribution in [3.8, 4) is 11.3 Å². The number of hydrogen-bond acceptors (Lipinski definition) is 3. The van der Waals surface area contributed by atoms with Gasteiger partial charge in [0.1, 0.15) is 0 Å². The quantitative estimate of drug-likeness (QED) is 0.725. The molecule has 1 amide bonds. The minimum Gasteiger partial charge on any atom is -0.394 e. The van der Waals surface area contributed by atoms with E-state index < -0.39 is 0 Å². The summed E-state index contributed by atoms with van der Waals surface area (Å²) in [6.45, 7) is 1.12. The molecule has 6 heteroatoms. The van der Waals surface area contributed by atoms with Crippen LogP contribution in [0.15, 0.2) is 36.4 Å². The molecule has 2 rings (SSSR count). The van der Waals surface area contributed by atoms with Crippen molar-refractivity contribution in [3.63, 3.8) is 0 Å². The van der Waals surface area contributed by atoms with Crippen LogP contribution in [0, 0.1) is 0 Å². The summed E-state index contributed by atoms with van der Waals surface area (Å²) in [5, 5.41) is 12.1. The fourth-order valence-corrected chi connectivity index (χ4v) is 2.42. The van der Waals surface area contributed by atoms with Gasteiger partial charge in [-0.3, -0.25) is 4.79 Å². The van der Waals surface area contributed by atoms with Gasteiger partial charge in [0.15, 0.2) is 0 Å². The molecule has 1 aromatic heterocycles. The molecule has 0 aliphatic carbocycles. The van der Waals surface area contributed by atoms with E-state index in [4.69, 9.17) is 21.4 Å². The summed E-state index contributed by atoms with van der Waals surface area (Å²) in [4.78, 5) is 11.9. The minimum absolute atomic E-state index is 0.00916. The molecule has 0 bridgehead atoms. The molecule has 0 atom stereocenters. The summed E-state index contributed by atoms with van der Waals surface area (Å²) < 4.78 is 7.10. The maximum absolute atomic E-state index is 11.9. The number of nitrogens with zero attached hydrogens (tertiary/aromatic N) is 1. The first kappa shape index (κ1) is 17.5. The van der Waals surface area contributed by atoms with Crippen LogP contribution in [0.3, 0.4) is 0 Å². The van der Waals surface area contributed by atoms with E-state index in [9.17, 15) is 4.79 Å². The lowest BCUT2D eigenvalue weighted by Crippen LogP contribution is -2.29. The molecule has 1 heterocycles. The van der Waals surface area contributed by atoms with Gasteiger partial charge in [-0.1, -0.05) is 23.7 Å². The highest BCUT2D eigenvalue weighted by molar-refractivity contribution is 6.30. The van der Waals surface area contributed by atoms with Crippen LogP contribution >= 0.6 is 11.6 Å². The smallest absolute Gasteiger partial charge is 0.226 e. The summed E-state index contributed by atoms with van der Waals surface area (Å²) in [7, 11) is 1.94. The number of amides is 1. The number of aliphatic hydroxyl groups excluding tert-OH is 1. The second-order valence-electron chi connectivity index (χ2n) is 5.14. The second-order valence-corrected chi connectivity index (χ2v) is 5.57. The Labute approximate surface area is 140 Å². The number of benzene rings is 1. The molecule has 0 unspecified atom stereocenters. The molecule has 0 spiro atoms. The average Bonchev–Trinajstić information content (AvgIpc) is 2.89. The number of rotatable bonds is 8. The Hall–Kier alpha value is -1.82. The van der Waals surface area contributed by atoms with Crippen LogP contribution in [0.1, 0.15) is 5.69 Å². The lowest BCUT2D eigenvalue weighted by molar-refractivity contribution is -0.120.